The lowest BCUT2D eigenvalue weighted by Crippen LogP contribution is -2.31. The van der Waals surface area contributed by atoms with Crippen LogP contribution >= 0.6 is 0 Å². The second-order valence-corrected chi connectivity index (χ2v) is 7.36. The zero-order valence-corrected chi connectivity index (χ0v) is 18.0. The first-order chi connectivity index (χ1) is 16.7. The standard InChI is InChI=1S/C22H19F3N8O2/c23-22(24,25)15-9-14(10-29-20(15)26)13-4-5-18-30-17(12-33(18)11-13)32-21(35)28-8-6-19(34)31-16-3-1-2-7-27-16/h1-5,7,9-12H,6,8H2,(H2,26,29)(H,27,31,34)(H2,28,32,35). The number of fused-ring (bicyclic) bond motifs is 1. The zero-order chi connectivity index (χ0) is 25.0. The van der Waals surface area contributed by atoms with Gasteiger partial charge in [-0.25, -0.2) is 19.7 Å². The average Bonchev–Trinajstić information content (AvgIpc) is 3.20. The van der Waals surface area contributed by atoms with E-state index in [1.54, 1.807) is 47.1 Å². The molecule has 4 rings (SSSR count). The van der Waals surface area contributed by atoms with Crippen molar-refractivity contribution in [2.24, 2.45) is 0 Å². The average molecular weight is 484 g/mol. The quantitative estimate of drug-likeness (QED) is 0.330. The summed E-state index contributed by atoms with van der Waals surface area (Å²) in [6, 6.07) is 8.63. The lowest BCUT2D eigenvalue weighted by Gasteiger charge is -2.11. The van der Waals surface area contributed by atoms with Crippen molar-refractivity contribution in [2.45, 2.75) is 12.6 Å². The Hall–Kier alpha value is -4.68. The van der Waals surface area contributed by atoms with E-state index in [1.165, 1.54) is 12.4 Å². The molecule has 0 saturated carbocycles. The molecule has 0 aliphatic rings. The maximum Gasteiger partial charge on any atom is 0.419 e. The van der Waals surface area contributed by atoms with Gasteiger partial charge in [-0.15, -0.1) is 0 Å². The number of hydrogen-bond acceptors (Lipinski definition) is 6. The smallest absolute Gasteiger partial charge is 0.383 e. The molecular formula is C22H19F3N8O2. The maximum atomic E-state index is 13.1. The van der Waals surface area contributed by atoms with E-state index >= 15 is 0 Å². The van der Waals surface area contributed by atoms with Gasteiger partial charge < -0.3 is 20.8 Å². The van der Waals surface area contributed by atoms with Crippen molar-refractivity contribution >= 4 is 35.0 Å². The molecule has 10 nitrogen and oxygen atoms in total. The summed E-state index contributed by atoms with van der Waals surface area (Å²) >= 11 is 0. The molecule has 0 aromatic carbocycles. The highest BCUT2D eigenvalue weighted by Gasteiger charge is 2.34. The largest absolute Gasteiger partial charge is 0.419 e. The van der Waals surface area contributed by atoms with Gasteiger partial charge in [0.2, 0.25) is 5.91 Å². The summed E-state index contributed by atoms with van der Waals surface area (Å²) in [5, 5.41) is 7.70. The van der Waals surface area contributed by atoms with Crippen molar-refractivity contribution in [3.8, 4) is 11.1 Å². The number of pyridine rings is 3. The topological polar surface area (TPSA) is 139 Å². The first kappa shape index (κ1) is 23.5. The second kappa shape index (κ2) is 9.67. The van der Waals surface area contributed by atoms with Crippen LogP contribution in [0.4, 0.5) is 35.4 Å². The molecule has 4 aromatic rings. The number of nitrogens with two attached hydrogens (primary N) is 1. The lowest BCUT2D eigenvalue weighted by molar-refractivity contribution is -0.137. The van der Waals surface area contributed by atoms with Gasteiger partial charge in [0, 0.05) is 42.7 Å². The van der Waals surface area contributed by atoms with Crippen LogP contribution in [0.3, 0.4) is 0 Å². The molecule has 0 spiro atoms. The molecule has 180 valence electrons. The number of imidazole rings is 1. The minimum absolute atomic E-state index is 0.0358. The van der Waals surface area contributed by atoms with Crippen LogP contribution in [0.5, 0.6) is 0 Å². The number of nitrogens with zero attached hydrogens (tertiary/aromatic N) is 4. The normalized spacial score (nSPS) is 11.3. The molecule has 0 radical (unpaired) electrons. The second-order valence-electron chi connectivity index (χ2n) is 7.36. The molecule has 4 aromatic heterocycles. The van der Waals surface area contributed by atoms with Crippen LogP contribution < -0.4 is 21.7 Å². The van der Waals surface area contributed by atoms with Gasteiger partial charge in [-0.1, -0.05) is 6.07 Å². The van der Waals surface area contributed by atoms with Crippen LogP contribution in [0.25, 0.3) is 16.8 Å². The predicted molar refractivity (Wildman–Crippen MR) is 122 cm³/mol. The van der Waals surface area contributed by atoms with E-state index in [-0.39, 0.29) is 30.3 Å². The fraction of sp³-hybridized carbons (Fsp3) is 0.136. The summed E-state index contributed by atoms with van der Waals surface area (Å²) in [4.78, 5) is 35.9. The highest BCUT2D eigenvalue weighted by atomic mass is 19.4. The number of alkyl halides is 3. The number of carbonyl (C=O) groups excluding carboxylic acids is 2. The third-order valence-corrected chi connectivity index (χ3v) is 4.82. The molecule has 0 aliphatic heterocycles. The van der Waals surface area contributed by atoms with Crippen molar-refractivity contribution in [2.75, 3.05) is 22.9 Å². The van der Waals surface area contributed by atoms with Gasteiger partial charge in [0.15, 0.2) is 5.82 Å². The molecule has 0 fully saturated rings. The number of rotatable bonds is 6. The van der Waals surface area contributed by atoms with Gasteiger partial charge in [0.25, 0.3) is 0 Å². The van der Waals surface area contributed by atoms with Crippen molar-refractivity contribution in [1.82, 2.24) is 24.7 Å². The molecule has 0 atom stereocenters. The number of anilines is 3. The van der Waals surface area contributed by atoms with Gasteiger partial charge in [0.05, 0.1) is 11.8 Å². The van der Waals surface area contributed by atoms with E-state index in [9.17, 15) is 22.8 Å². The zero-order valence-electron chi connectivity index (χ0n) is 18.0. The fourth-order valence-corrected chi connectivity index (χ4v) is 3.18. The van der Waals surface area contributed by atoms with Crippen molar-refractivity contribution in [1.29, 1.82) is 0 Å². The molecule has 0 saturated heterocycles. The van der Waals surface area contributed by atoms with Gasteiger partial charge in [-0.2, -0.15) is 13.2 Å². The van der Waals surface area contributed by atoms with E-state index < -0.39 is 23.6 Å². The molecule has 5 N–H and O–H groups in total. The summed E-state index contributed by atoms with van der Waals surface area (Å²) in [7, 11) is 0. The third kappa shape index (κ3) is 5.82. The Kier molecular flexibility index (Phi) is 6.48. The molecular weight excluding hydrogens is 465 g/mol. The first-order valence-corrected chi connectivity index (χ1v) is 10.3. The van der Waals surface area contributed by atoms with Crippen LogP contribution in [0, 0.1) is 0 Å². The van der Waals surface area contributed by atoms with Crippen molar-refractivity contribution in [3.63, 3.8) is 0 Å². The van der Waals surface area contributed by atoms with Crippen LogP contribution in [0.1, 0.15) is 12.0 Å². The van der Waals surface area contributed by atoms with E-state index in [0.717, 1.165) is 6.07 Å². The van der Waals surface area contributed by atoms with Crippen LogP contribution in [-0.2, 0) is 11.0 Å². The van der Waals surface area contributed by atoms with E-state index in [1.807, 2.05) is 0 Å². The Labute approximate surface area is 196 Å². The number of aromatic nitrogens is 4. The van der Waals surface area contributed by atoms with Gasteiger partial charge in [-0.3, -0.25) is 10.1 Å². The van der Waals surface area contributed by atoms with Gasteiger partial charge in [-0.05, 0) is 30.3 Å². The number of halogens is 3. The molecule has 0 aliphatic carbocycles. The van der Waals surface area contributed by atoms with Crippen molar-refractivity contribution in [3.05, 3.63) is 66.7 Å². The molecule has 3 amide bonds. The minimum atomic E-state index is -4.63. The third-order valence-electron chi connectivity index (χ3n) is 4.82. The highest BCUT2D eigenvalue weighted by Crippen LogP contribution is 2.35. The summed E-state index contributed by atoms with van der Waals surface area (Å²) in [6.45, 7) is 0.0771. The first-order valence-electron chi connectivity index (χ1n) is 10.3. The fourth-order valence-electron chi connectivity index (χ4n) is 3.18. The van der Waals surface area contributed by atoms with Crippen molar-refractivity contribution < 1.29 is 22.8 Å². The number of urea groups is 1. The monoisotopic (exact) mass is 484 g/mol. The van der Waals surface area contributed by atoms with Gasteiger partial charge >= 0.3 is 12.2 Å². The van der Waals surface area contributed by atoms with E-state index in [0.29, 0.717) is 17.0 Å². The Morgan fingerprint density at radius 3 is 2.57 bits per heavy atom. The maximum absolute atomic E-state index is 13.1. The number of carbonyl (C=O) groups is 2. The van der Waals surface area contributed by atoms with E-state index in [4.69, 9.17) is 5.73 Å². The number of nitrogen functional groups attached to an aromatic ring is 1. The molecule has 0 unspecified atom stereocenters. The SMILES string of the molecule is Nc1ncc(-c2ccc3nc(NC(=O)NCCC(=O)Nc4ccccn4)cn3c2)cc1C(F)(F)F. The number of hydrogen-bond donors (Lipinski definition) is 4. The highest BCUT2D eigenvalue weighted by molar-refractivity contribution is 5.91. The summed E-state index contributed by atoms with van der Waals surface area (Å²) < 4.78 is 41.0. The lowest BCUT2D eigenvalue weighted by atomic mass is 10.1. The Balaban J connectivity index is 1.37. The Morgan fingerprint density at radius 1 is 1.00 bits per heavy atom. The molecule has 0 bridgehead atoms. The number of amides is 3. The van der Waals surface area contributed by atoms with Crippen LogP contribution in [-0.4, -0.2) is 37.8 Å². The van der Waals surface area contributed by atoms with Crippen LogP contribution in [0.2, 0.25) is 0 Å². The molecule has 35 heavy (non-hydrogen) atoms. The Bertz CT molecular complexity index is 1370. The van der Waals surface area contributed by atoms with Gasteiger partial charge in [0.1, 0.15) is 17.3 Å². The summed E-state index contributed by atoms with van der Waals surface area (Å²) in [5.41, 5.74) is 5.47. The van der Waals surface area contributed by atoms with Crippen LogP contribution in [0.15, 0.2) is 61.2 Å². The molecule has 4 heterocycles. The minimum Gasteiger partial charge on any atom is -0.383 e. The van der Waals surface area contributed by atoms with E-state index in [2.05, 4.69) is 30.9 Å². The molecule has 13 heteroatoms. The summed E-state index contributed by atoms with van der Waals surface area (Å²) in [6.07, 6.45) is 1.26. The Morgan fingerprint density at radius 2 is 1.83 bits per heavy atom. The predicted octanol–water partition coefficient (Wildman–Crippen LogP) is 3.54. The summed E-state index contributed by atoms with van der Waals surface area (Å²) in [5.74, 6) is -0.286. The number of nitrogens with one attached hydrogen (secondary N) is 3.